The molecule has 1 aromatic heterocycles. The van der Waals surface area contributed by atoms with Gasteiger partial charge in [0.1, 0.15) is 11.6 Å². The van der Waals surface area contributed by atoms with Crippen LogP contribution in [0.15, 0.2) is 0 Å². The predicted molar refractivity (Wildman–Crippen MR) is 80.4 cm³/mol. The number of carboxylic acids is 1. The lowest BCUT2D eigenvalue weighted by molar-refractivity contribution is -0.139. The number of alkyl carbamates (subject to hydrolysis) is 1. The van der Waals surface area contributed by atoms with Crippen LogP contribution >= 0.6 is 11.5 Å². The van der Waals surface area contributed by atoms with Gasteiger partial charge in [-0.1, -0.05) is 0 Å². The highest BCUT2D eigenvalue weighted by atomic mass is 32.1. The quantitative estimate of drug-likeness (QED) is 0.765. The Hall–Kier alpha value is -1.83. The first-order valence-electron chi connectivity index (χ1n) is 6.53. The summed E-state index contributed by atoms with van der Waals surface area (Å²) in [6, 6.07) is -1.03. The number of carbonyl (C=O) groups is 2. The van der Waals surface area contributed by atoms with Gasteiger partial charge in [0.2, 0.25) is 0 Å². The van der Waals surface area contributed by atoms with E-state index in [1.54, 1.807) is 27.7 Å². The number of nitrogens with zero attached hydrogens (tertiary/aromatic N) is 1. The molecule has 0 saturated carbocycles. The van der Waals surface area contributed by atoms with Gasteiger partial charge in [-0.2, -0.15) is 4.37 Å². The number of carboxylic acid groups (broad SMARTS) is 1. The maximum atomic E-state index is 11.6. The fourth-order valence-corrected chi connectivity index (χ4v) is 2.39. The summed E-state index contributed by atoms with van der Waals surface area (Å²) in [4.78, 5) is 23.6. The van der Waals surface area contributed by atoms with Crippen LogP contribution in [-0.4, -0.2) is 33.2 Å². The monoisotopic (exact) mass is 315 g/mol. The predicted octanol–water partition coefficient (Wildman–Crippen LogP) is 1.94. The van der Waals surface area contributed by atoms with Gasteiger partial charge >= 0.3 is 12.1 Å². The van der Waals surface area contributed by atoms with Gasteiger partial charge in [0.25, 0.3) is 0 Å². The summed E-state index contributed by atoms with van der Waals surface area (Å²) in [7, 11) is 0. The third kappa shape index (κ3) is 5.58. The number of ether oxygens (including phenoxy) is 1. The highest BCUT2D eigenvalue weighted by Gasteiger charge is 2.24. The molecule has 1 rings (SSSR count). The van der Waals surface area contributed by atoms with Crippen molar-refractivity contribution < 1.29 is 19.4 Å². The molecule has 1 atom stereocenters. The highest BCUT2D eigenvalue weighted by Crippen LogP contribution is 2.22. The number of aliphatic carboxylic acids is 1. The minimum Gasteiger partial charge on any atom is -0.480 e. The molecule has 1 heterocycles. The molecule has 0 fully saturated rings. The second kappa shape index (κ2) is 6.75. The van der Waals surface area contributed by atoms with Crippen molar-refractivity contribution in [3.63, 3.8) is 0 Å². The number of hydrogen-bond acceptors (Lipinski definition) is 6. The maximum absolute atomic E-state index is 11.6. The summed E-state index contributed by atoms with van der Waals surface area (Å²) < 4.78 is 9.16. The molecular weight excluding hydrogens is 294 g/mol. The second-order valence-corrected chi connectivity index (χ2v) is 6.54. The zero-order valence-corrected chi connectivity index (χ0v) is 13.4. The van der Waals surface area contributed by atoms with Gasteiger partial charge in [0, 0.05) is 4.88 Å². The molecule has 0 aliphatic heterocycles. The number of aryl methyl sites for hydroxylation is 2. The largest absolute Gasteiger partial charge is 0.480 e. The maximum Gasteiger partial charge on any atom is 0.408 e. The zero-order chi connectivity index (χ0) is 16.2. The normalized spacial score (nSPS) is 12.8. The third-order valence-electron chi connectivity index (χ3n) is 2.63. The Morgan fingerprint density at radius 3 is 2.52 bits per heavy atom. The lowest BCUT2D eigenvalue weighted by Crippen LogP contribution is -2.43. The molecule has 8 heteroatoms. The van der Waals surface area contributed by atoms with Crippen LogP contribution in [0, 0.1) is 6.92 Å². The smallest absolute Gasteiger partial charge is 0.408 e. The molecule has 0 unspecified atom stereocenters. The summed E-state index contributed by atoms with van der Waals surface area (Å²) >= 11 is 1.25. The molecule has 0 bridgehead atoms. The number of rotatable bonds is 5. The summed E-state index contributed by atoms with van der Waals surface area (Å²) in [6.07, 6.45) is -0.0896. The van der Waals surface area contributed by atoms with Crippen molar-refractivity contribution in [1.29, 1.82) is 0 Å². The van der Waals surface area contributed by atoms with Crippen molar-refractivity contribution in [1.82, 2.24) is 9.69 Å². The summed E-state index contributed by atoms with van der Waals surface area (Å²) in [5.74, 6) is -1.11. The van der Waals surface area contributed by atoms with E-state index in [-0.39, 0.29) is 6.42 Å². The average molecular weight is 315 g/mol. The molecule has 1 amide bonds. The van der Waals surface area contributed by atoms with Crippen LogP contribution in [0.5, 0.6) is 0 Å². The molecule has 0 spiro atoms. The number of amides is 1. The van der Waals surface area contributed by atoms with Crippen LogP contribution in [-0.2, 0) is 16.0 Å². The van der Waals surface area contributed by atoms with Crippen LogP contribution in [0.1, 0.15) is 37.8 Å². The lowest BCUT2D eigenvalue weighted by atomic mass is 10.1. The van der Waals surface area contributed by atoms with Crippen LogP contribution in [0.3, 0.4) is 0 Å². The number of aromatic nitrogens is 1. The first-order valence-corrected chi connectivity index (χ1v) is 7.30. The van der Waals surface area contributed by atoms with E-state index in [0.717, 1.165) is 10.6 Å². The highest BCUT2D eigenvalue weighted by molar-refractivity contribution is 7.06. The molecule has 4 N–H and O–H groups in total. The fraction of sp³-hybridized carbons (Fsp3) is 0.615. The minimum atomic E-state index is -1.11. The van der Waals surface area contributed by atoms with Gasteiger partial charge in [0.15, 0.2) is 0 Å². The topological polar surface area (TPSA) is 115 Å². The van der Waals surface area contributed by atoms with E-state index in [1.807, 2.05) is 0 Å². The number of anilines is 1. The van der Waals surface area contributed by atoms with E-state index in [0.29, 0.717) is 12.1 Å². The van der Waals surface area contributed by atoms with Gasteiger partial charge in [-0.25, -0.2) is 9.59 Å². The SMILES string of the molecule is Cc1nsc(CC[C@H](NC(=O)OC(C)(C)C)C(=O)O)c1N. The lowest BCUT2D eigenvalue weighted by Gasteiger charge is -2.21. The Morgan fingerprint density at radius 1 is 1.48 bits per heavy atom. The van der Waals surface area contributed by atoms with Crippen LogP contribution < -0.4 is 11.1 Å². The molecule has 0 aliphatic rings. The third-order valence-corrected chi connectivity index (χ3v) is 3.64. The molecule has 118 valence electrons. The van der Waals surface area contributed by atoms with Gasteiger partial charge in [-0.3, -0.25) is 0 Å². The van der Waals surface area contributed by atoms with Crippen molar-refractivity contribution in [2.24, 2.45) is 0 Å². The molecular formula is C13H21N3O4S. The Bertz CT molecular complexity index is 522. The Balaban J connectivity index is 2.60. The van der Waals surface area contributed by atoms with Crippen LogP contribution in [0.2, 0.25) is 0 Å². The van der Waals surface area contributed by atoms with E-state index >= 15 is 0 Å². The van der Waals surface area contributed by atoms with Crippen LogP contribution in [0.25, 0.3) is 0 Å². The zero-order valence-electron chi connectivity index (χ0n) is 12.6. The standard InChI is InChI=1S/C13H21N3O4S/c1-7-10(14)9(21-16-7)6-5-8(11(17)18)15-12(19)20-13(2,3)4/h8H,5-6,14H2,1-4H3,(H,15,19)(H,17,18)/t8-/m0/s1. The number of hydrogen-bond donors (Lipinski definition) is 3. The second-order valence-electron chi connectivity index (χ2n) is 5.68. The van der Waals surface area contributed by atoms with Crippen molar-refractivity contribution in [2.45, 2.75) is 52.2 Å². The molecule has 0 aromatic carbocycles. The van der Waals surface area contributed by atoms with Gasteiger partial charge in [-0.05, 0) is 52.1 Å². The van der Waals surface area contributed by atoms with Gasteiger partial charge < -0.3 is 20.9 Å². The average Bonchev–Trinajstić information content (AvgIpc) is 2.63. The minimum absolute atomic E-state index is 0.223. The first kappa shape index (κ1) is 17.2. The first-order chi connectivity index (χ1) is 9.60. The Labute approximate surface area is 127 Å². The van der Waals surface area contributed by atoms with Crippen molar-refractivity contribution >= 4 is 29.3 Å². The van der Waals surface area contributed by atoms with Crippen molar-refractivity contribution in [3.8, 4) is 0 Å². The van der Waals surface area contributed by atoms with Gasteiger partial charge in [0.05, 0.1) is 11.4 Å². The van der Waals surface area contributed by atoms with E-state index in [4.69, 9.17) is 15.6 Å². The van der Waals surface area contributed by atoms with E-state index in [1.165, 1.54) is 11.5 Å². The molecule has 0 saturated heterocycles. The fourth-order valence-electron chi connectivity index (χ4n) is 1.59. The number of nitrogens with two attached hydrogens (primary N) is 1. The molecule has 7 nitrogen and oxygen atoms in total. The molecule has 0 radical (unpaired) electrons. The summed E-state index contributed by atoms with van der Waals surface area (Å²) in [5, 5.41) is 11.5. The number of nitrogens with one attached hydrogen (secondary N) is 1. The molecule has 1 aromatic rings. The van der Waals surface area contributed by atoms with Crippen LogP contribution in [0.4, 0.5) is 10.5 Å². The summed E-state index contributed by atoms with van der Waals surface area (Å²) in [6.45, 7) is 6.93. The van der Waals surface area contributed by atoms with E-state index < -0.39 is 23.7 Å². The van der Waals surface area contributed by atoms with Crippen molar-refractivity contribution in [2.75, 3.05) is 5.73 Å². The van der Waals surface area contributed by atoms with Gasteiger partial charge in [-0.15, -0.1) is 0 Å². The van der Waals surface area contributed by atoms with Crippen molar-refractivity contribution in [3.05, 3.63) is 10.6 Å². The number of carbonyl (C=O) groups excluding carboxylic acids is 1. The Kier molecular flexibility index (Phi) is 5.54. The number of nitrogen functional groups attached to an aromatic ring is 1. The summed E-state index contributed by atoms with van der Waals surface area (Å²) in [5.41, 5.74) is 6.49. The molecule has 21 heavy (non-hydrogen) atoms. The van der Waals surface area contributed by atoms with E-state index in [9.17, 15) is 9.59 Å². The van der Waals surface area contributed by atoms with E-state index in [2.05, 4.69) is 9.69 Å². The Morgan fingerprint density at radius 2 is 2.10 bits per heavy atom. The molecule has 0 aliphatic carbocycles.